The van der Waals surface area contributed by atoms with Gasteiger partial charge in [-0.25, -0.2) is 4.98 Å². The van der Waals surface area contributed by atoms with E-state index in [2.05, 4.69) is 11.9 Å². The van der Waals surface area contributed by atoms with E-state index in [0.717, 1.165) is 43.4 Å². The fourth-order valence-corrected chi connectivity index (χ4v) is 5.10. The molecule has 26 heavy (non-hydrogen) atoms. The molecule has 2 aliphatic carbocycles. The molecular weight excluding hydrogens is 369 g/mol. The van der Waals surface area contributed by atoms with Crippen molar-refractivity contribution in [3.8, 4) is 5.75 Å². The Labute approximate surface area is 166 Å². The molecule has 1 aromatic heterocycles. The van der Waals surface area contributed by atoms with E-state index in [1.807, 2.05) is 0 Å². The standard InChI is InChI=1S/C21H29Cl2NO2/c1-2-3-14-4-6-15(7-5-14)16-8-10-17(11-9-16)21(25)26-18-12-19(22)20(23)24-13-18/h12-17H,2-11H2,1H3/t14-,15-,16-,17-. The molecular formula is C21H29Cl2NO2. The van der Waals surface area contributed by atoms with E-state index in [-0.39, 0.29) is 17.0 Å². The first-order valence-corrected chi connectivity index (χ1v) is 10.8. The number of hydrogen-bond acceptors (Lipinski definition) is 3. The van der Waals surface area contributed by atoms with Gasteiger partial charge in [-0.05, 0) is 56.3 Å². The van der Waals surface area contributed by atoms with Gasteiger partial charge in [-0.1, -0.05) is 55.8 Å². The molecule has 0 atom stereocenters. The largest absolute Gasteiger partial charge is 0.425 e. The molecule has 0 aliphatic heterocycles. The van der Waals surface area contributed by atoms with Gasteiger partial charge in [-0.2, -0.15) is 0 Å². The second-order valence-corrected chi connectivity index (χ2v) is 8.81. The Morgan fingerprint density at radius 3 is 2.27 bits per heavy atom. The van der Waals surface area contributed by atoms with Crippen LogP contribution >= 0.6 is 23.2 Å². The number of rotatable bonds is 5. The Hall–Kier alpha value is -0.800. The Balaban J connectivity index is 1.44. The number of carbonyl (C=O) groups is 1. The normalized spacial score (nSPS) is 29.3. The third-order valence-electron chi connectivity index (χ3n) is 6.35. The SMILES string of the molecule is CCC[C@H]1CC[C@H]([C@H]2CC[C@H](C(=O)Oc3cnc(Cl)c(Cl)c3)CC2)CC1. The number of carbonyl (C=O) groups excluding carboxylic acids is 1. The summed E-state index contributed by atoms with van der Waals surface area (Å²) in [5.41, 5.74) is 0. The van der Waals surface area contributed by atoms with Crippen LogP contribution < -0.4 is 4.74 Å². The summed E-state index contributed by atoms with van der Waals surface area (Å²) in [5.74, 6) is 2.85. The Morgan fingerprint density at radius 1 is 1.08 bits per heavy atom. The predicted molar refractivity (Wildman–Crippen MR) is 106 cm³/mol. The zero-order valence-electron chi connectivity index (χ0n) is 15.6. The van der Waals surface area contributed by atoms with Crippen molar-refractivity contribution in [2.24, 2.45) is 23.7 Å². The first-order valence-electron chi connectivity index (χ1n) is 10.1. The highest BCUT2D eigenvalue weighted by Gasteiger charge is 2.33. The number of hydrogen-bond donors (Lipinski definition) is 0. The topological polar surface area (TPSA) is 39.2 Å². The van der Waals surface area contributed by atoms with Crippen molar-refractivity contribution in [1.29, 1.82) is 0 Å². The van der Waals surface area contributed by atoms with E-state index in [4.69, 9.17) is 27.9 Å². The van der Waals surface area contributed by atoms with Crippen molar-refractivity contribution in [3.05, 3.63) is 22.4 Å². The number of ether oxygens (including phenoxy) is 1. The lowest BCUT2D eigenvalue weighted by Crippen LogP contribution is -2.30. The van der Waals surface area contributed by atoms with Crippen LogP contribution in [0.15, 0.2) is 12.3 Å². The van der Waals surface area contributed by atoms with Crippen molar-refractivity contribution in [2.45, 2.75) is 71.1 Å². The summed E-state index contributed by atoms with van der Waals surface area (Å²) in [6.45, 7) is 2.29. The molecule has 0 unspecified atom stereocenters. The zero-order valence-corrected chi connectivity index (χ0v) is 17.1. The van der Waals surface area contributed by atoms with E-state index in [1.165, 1.54) is 44.7 Å². The quantitative estimate of drug-likeness (QED) is 0.409. The van der Waals surface area contributed by atoms with E-state index in [0.29, 0.717) is 10.8 Å². The Bertz CT molecular complexity index is 606. The molecule has 0 spiro atoms. The molecule has 0 bridgehead atoms. The van der Waals surface area contributed by atoms with Crippen LogP contribution in [-0.2, 0) is 4.79 Å². The molecule has 0 N–H and O–H groups in total. The molecule has 5 heteroatoms. The molecule has 2 fully saturated rings. The highest BCUT2D eigenvalue weighted by molar-refractivity contribution is 6.41. The molecule has 3 rings (SSSR count). The number of halogens is 2. The first kappa shape index (κ1) is 19.9. The summed E-state index contributed by atoms with van der Waals surface area (Å²) >= 11 is 11.7. The van der Waals surface area contributed by atoms with Crippen LogP contribution in [0.4, 0.5) is 0 Å². The van der Waals surface area contributed by atoms with Crippen LogP contribution in [0.5, 0.6) is 5.75 Å². The summed E-state index contributed by atoms with van der Waals surface area (Å²) < 4.78 is 5.47. The van der Waals surface area contributed by atoms with Gasteiger partial charge < -0.3 is 4.74 Å². The minimum Gasteiger partial charge on any atom is -0.425 e. The van der Waals surface area contributed by atoms with Gasteiger partial charge in [0.2, 0.25) is 0 Å². The summed E-state index contributed by atoms with van der Waals surface area (Å²) in [7, 11) is 0. The fraction of sp³-hybridized carbons (Fsp3) is 0.714. The van der Waals surface area contributed by atoms with E-state index >= 15 is 0 Å². The number of esters is 1. The van der Waals surface area contributed by atoms with Crippen molar-refractivity contribution < 1.29 is 9.53 Å². The van der Waals surface area contributed by atoms with Crippen molar-refractivity contribution in [1.82, 2.24) is 4.98 Å². The summed E-state index contributed by atoms with van der Waals surface area (Å²) in [6.07, 6.45) is 13.9. The first-order chi connectivity index (χ1) is 12.6. The molecule has 1 aromatic rings. The van der Waals surface area contributed by atoms with Gasteiger partial charge >= 0.3 is 5.97 Å². The molecule has 2 aliphatic rings. The average molecular weight is 398 g/mol. The lowest BCUT2D eigenvalue weighted by atomic mass is 9.69. The minimum absolute atomic E-state index is 0.00265. The number of aromatic nitrogens is 1. The maximum Gasteiger partial charge on any atom is 0.314 e. The van der Waals surface area contributed by atoms with Gasteiger partial charge in [0.25, 0.3) is 0 Å². The van der Waals surface area contributed by atoms with Crippen molar-refractivity contribution >= 4 is 29.2 Å². The van der Waals surface area contributed by atoms with Crippen LogP contribution in [0, 0.1) is 23.7 Å². The second-order valence-electron chi connectivity index (χ2n) is 8.05. The van der Waals surface area contributed by atoms with Crippen LogP contribution in [-0.4, -0.2) is 11.0 Å². The van der Waals surface area contributed by atoms with Crippen LogP contribution in [0.2, 0.25) is 10.2 Å². The van der Waals surface area contributed by atoms with Crippen molar-refractivity contribution in [2.75, 3.05) is 0 Å². The molecule has 144 valence electrons. The Kier molecular flexibility index (Phi) is 7.22. The van der Waals surface area contributed by atoms with Crippen LogP contribution in [0.1, 0.15) is 71.1 Å². The summed E-state index contributed by atoms with van der Waals surface area (Å²) in [4.78, 5) is 16.4. The molecule has 1 heterocycles. The minimum atomic E-state index is -0.157. The highest BCUT2D eigenvalue weighted by atomic mass is 35.5. The van der Waals surface area contributed by atoms with Crippen molar-refractivity contribution in [3.63, 3.8) is 0 Å². The molecule has 0 amide bonds. The molecule has 0 aromatic carbocycles. The van der Waals surface area contributed by atoms with Gasteiger partial charge in [-0.15, -0.1) is 0 Å². The monoisotopic (exact) mass is 397 g/mol. The highest BCUT2D eigenvalue weighted by Crippen LogP contribution is 2.42. The second kappa shape index (κ2) is 9.41. The zero-order chi connectivity index (χ0) is 18.5. The van der Waals surface area contributed by atoms with E-state index < -0.39 is 0 Å². The Morgan fingerprint density at radius 2 is 1.69 bits per heavy atom. The lowest BCUT2D eigenvalue weighted by molar-refractivity contribution is -0.140. The maximum absolute atomic E-state index is 12.4. The number of pyridine rings is 1. The van der Waals surface area contributed by atoms with Gasteiger partial charge in [0.05, 0.1) is 17.1 Å². The number of nitrogens with zero attached hydrogens (tertiary/aromatic N) is 1. The molecule has 3 nitrogen and oxygen atoms in total. The van der Waals surface area contributed by atoms with Crippen LogP contribution in [0.3, 0.4) is 0 Å². The predicted octanol–water partition coefficient (Wildman–Crippen LogP) is 6.71. The molecule has 2 saturated carbocycles. The van der Waals surface area contributed by atoms with Gasteiger partial charge in [0, 0.05) is 6.07 Å². The fourth-order valence-electron chi connectivity index (χ4n) is 4.84. The third kappa shape index (κ3) is 5.13. The summed E-state index contributed by atoms with van der Waals surface area (Å²) in [5, 5.41) is 0.528. The lowest BCUT2D eigenvalue weighted by Gasteiger charge is -2.37. The van der Waals surface area contributed by atoms with Gasteiger partial charge in [0.15, 0.2) is 5.75 Å². The molecule has 0 saturated heterocycles. The van der Waals surface area contributed by atoms with Crippen LogP contribution in [0.25, 0.3) is 0 Å². The average Bonchev–Trinajstić information content (AvgIpc) is 2.66. The summed E-state index contributed by atoms with van der Waals surface area (Å²) in [6, 6.07) is 1.55. The van der Waals surface area contributed by atoms with E-state index in [1.54, 1.807) is 6.07 Å². The smallest absolute Gasteiger partial charge is 0.314 e. The van der Waals surface area contributed by atoms with Gasteiger partial charge in [-0.3, -0.25) is 4.79 Å². The third-order valence-corrected chi connectivity index (χ3v) is 7.04. The van der Waals surface area contributed by atoms with E-state index in [9.17, 15) is 4.79 Å². The maximum atomic E-state index is 12.4. The molecule has 0 radical (unpaired) electrons. The van der Waals surface area contributed by atoms with Gasteiger partial charge in [0.1, 0.15) is 5.15 Å².